The van der Waals surface area contributed by atoms with Crippen molar-refractivity contribution in [3.8, 4) is 0 Å². The van der Waals surface area contributed by atoms with Gasteiger partial charge in [0.2, 0.25) is 15.9 Å². The van der Waals surface area contributed by atoms with Gasteiger partial charge in [-0.1, -0.05) is 29.8 Å². The summed E-state index contributed by atoms with van der Waals surface area (Å²) in [5.74, 6) is -0.273. The Morgan fingerprint density at radius 1 is 1.21 bits per heavy atom. The van der Waals surface area contributed by atoms with Crippen LogP contribution in [0.1, 0.15) is 36.8 Å². The molecule has 1 N–H and O–H groups in total. The van der Waals surface area contributed by atoms with E-state index >= 15 is 0 Å². The Bertz CT molecular complexity index is 945. The Morgan fingerprint density at radius 2 is 1.97 bits per heavy atom. The molecule has 0 spiro atoms. The van der Waals surface area contributed by atoms with Crippen molar-refractivity contribution in [3.63, 3.8) is 0 Å². The van der Waals surface area contributed by atoms with E-state index in [1.54, 1.807) is 36.4 Å². The zero-order chi connectivity index (χ0) is 20.9. The van der Waals surface area contributed by atoms with Gasteiger partial charge >= 0.3 is 0 Å². The molecule has 3 rings (SSSR count). The van der Waals surface area contributed by atoms with E-state index in [1.165, 1.54) is 16.4 Å². The lowest BCUT2D eigenvalue weighted by molar-refractivity contribution is -0.121. The first-order chi connectivity index (χ1) is 13.8. The third kappa shape index (κ3) is 5.87. The van der Waals surface area contributed by atoms with Crippen molar-refractivity contribution in [1.82, 2.24) is 9.62 Å². The third-order valence-electron chi connectivity index (χ3n) is 5.30. The summed E-state index contributed by atoms with van der Waals surface area (Å²) in [6, 6.07) is 13.0. The molecule has 0 aromatic heterocycles. The minimum atomic E-state index is -3.50. The molecule has 0 aliphatic carbocycles. The molecular formula is C22H27FN2O3S. The van der Waals surface area contributed by atoms with Crippen molar-refractivity contribution in [2.45, 2.75) is 44.0 Å². The SMILES string of the molecule is Cc1ccc(S(=O)(=O)N2CCCC(CCC(=O)NCc3cccc(F)c3)C2)cc1. The number of carbonyl (C=O) groups is 1. The molecule has 1 aliphatic rings. The zero-order valence-electron chi connectivity index (χ0n) is 16.6. The monoisotopic (exact) mass is 418 g/mol. The molecule has 1 amide bonds. The summed E-state index contributed by atoms with van der Waals surface area (Å²) in [6.07, 6.45) is 2.67. The van der Waals surface area contributed by atoms with Crippen LogP contribution < -0.4 is 5.32 Å². The van der Waals surface area contributed by atoms with Crippen LogP contribution >= 0.6 is 0 Å². The Hall–Kier alpha value is -2.25. The fourth-order valence-electron chi connectivity index (χ4n) is 3.61. The molecule has 0 radical (unpaired) electrons. The van der Waals surface area contributed by atoms with E-state index in [9.17, 15) is 17.6 Å². The lowest BCUT2D eigenvalue weighted by Gasteiger charge is -2.32. The van der Waals surface area contributed by atoms with Gasteiger partial charge in [-0.2, -0.15) is 4.31 Å². The van der Waals surface area contributed by atoms with Crippen molar-refractivity contribution in [3.05, 3.63) is 65.5 Å². The molecular weight excluding hydrogens is 391 g/mol. The summed E-state index contributed by atoms with van der Waals surface area (Å²) < 4.78 is 40.5. The Labute approximate surface area is 172 Å². The molecule has 1 fully saturated rings. The second kappa shape index (κ2) is 9.50. The van der Waals surface area contributed by atoms with Crippen LogP contribution in [0.15, 0.2) is 53.4 Å². The van der Waals surface area contributed by atoms with Crippen LogP contribution in [0.4, 0.5) is 4.39 Å². The number of aryl methyl sites for hydroxylation is 1. The van der Waals surface area contributed by atoms with Crippen molar-refractivity contribution in [2.24, 2.45) is 5.92 Å². The van der Waals surface area contributed by atoms with Crippen molar-refractivity contribution >= 4 is 15.9 Å². The number of halogens is 1. The number of piperidine rings is 1. The number of carbonyl (C=O) groups excluding carboxylic acids is 1. The number of benzene rings is 2. The van der Waals surface area contributed by atoms with Crippen LogP contribution in [0.3, 0.4) is 0 Å². The highest BCUT2D eigenvalue weighted by atomic mass is 32.2. The number of nitrogens with one attached hydrogen (secondary N) is 1. The maximum atomic E-state index is 13.2. The van der Waals surface area contributed by atoms with Gasteiger partial charge in [-0.3, -0.25) is 4.79 Å². The minimum absolute atomic E-state index is 0.104. The van der Waals surface area contributed by atoms with E-state index in [0.717, 1.165) is 18.4 Å². The van der Waals surface area contributed by atoms with Gasteiger partial charge in [0.25, 0.3) is 0 Å². The van der Waals surface area contributed by atoms with Gasteiger partial charge in [-0.25, -0.2) is 12.8 Å². The van der Waals surface area contributed by atoms with Gasteiger partial charge in [0, 0.05) is 26.1 Å². The molecule has 5 nitrogen and oxygen atoms in total. The van der Waals surface area contributed by atoms with E-state index in [1.807, 2.05) is 6.92 Å². The quantitative estimate of drug-likeness (QED) is 0.747. The molecule has 1 heterocycles. The van der Waals surface area contributed by atoms with E-state index in [2.05, 4.69) is 5.32 Å². The Balaban J connectivity index is 1.50. The highest BCUT2D eigenvalue weighted by Crippen LogP contribution is 2.26. The number of hydrogen-bond acceptors (Lipinski definition) is 3. The number of amides is 1. The largest absolute Gasteiger partial charge is 0.352 e. The molecule has 1 aliphatic heterocycles. The smallest absolute Gasteiger partial charge is 0.243 e. The second-order valence-corrected chi connectivity index (χ2v) is 9.57. The predicted molar refractivity (Wildman–Crippen MR) is 110 cm³/mol. The molecule has 29 heavy (non-hydrogen) atoms. The van der Waals surface area contributed by atoms with Crippen LogP contribution in [-0.2, 0) is 21.4 Å². The topological polar surface area (TPSA) is 66.5 Å². The molecule has 0 bridgehead atoms. The number of sulfonamides is 1. The van der Waals surface area contributed by atoms with Crippen LogP contribution in [0, 0.1) is 18.7 Å². The number of hydrogen-bond donors (Lipinski definition) is 1. The van der Waals surface area contributed by atoms with Gasteiger partial charge in [0.05, 0.1) is 4.90 Å². The Kier molecular flexibility index (Phi) is 7.03. The molecule has 1 unspecified atom stereocenters. The van der Waals surface area contributed by atoms with Gasteiger partial charge in [0.1, 0.15) is 5.82 Å². The van der Waals surface area contributed by atoms with Gasteiger partial charge in [0.15, 0.2) is 0 Å². The summed E-state index contributed by atoms with van der Waals surface area (Å²) in [7, 11) is -3.50. The van der Waals surface area contributed by atoms with Crippen molar-refractivity contribution < 1.29 is 17.6 Å². The molecule has 1 saturated heterocycles. The molecule has 1 atom stereocenters. The third-order valence-corrected chi connectivity index (χ3v) is 7.18. The first-order valence-corrected chi connectivity index (χ1v) is 11.4. The molecule has 2 aromatic carbocycles. The van der Waals surface area contributed by atoms with E-state index in [4.69, 9.17) is 0 Å². The maximum Gasteiger partial charge on any atom is 0.243 e. The lowest BCUT2D eigenvalue weighted by atomic mass is 9.94. The first-order valence-electron chi connectivity index (χ1n) is 9.92. The average Bonchev–Trinajstić information content (AvgIpc) is 2.71. The van der Waals surface area contributed by atoms with Gasteiger partial charge in [-0.05, 0) is 61.9 Å². The van der Waals surface area contributed by atoms with E-state index in [-0.39, 0.29) is 24.2 Å². The predicted octanol–water partition coefficient (Wildman–Crippen LogP) is 3.63. The highest BCUT2D eigenvalue weighted by molar-refractivity contribution is 7.89. The van der Waals surface area contributed by atoms with Crippen molar-refractivity contribution in [1.29, 1.82) is 0 Å². The highest BCUT2D eigenvalue weighted by Gasteiger charge is 2.30. The number of nitrogens with zero attached hydrogens (tertiary/aromatic N) is 1. The maximum absolute atomic E-state index is 13.2. The fourth-order valence-corrected chi connectivity index (χ4v) is 5.17. The summed E-state index contributed by atoms with van der Waals surface area (Å²) in [6.45, 7) is 3.16. The number of rotatable bonds is 7. The van der Waals surface area contributed by atoms with Gasteiger partial charge in [-0.15, -0.1) is 0 Å². The average molecular weight is 419 g/mol. The van der Waals surface area contributed by atoms with E-state index < -0.39 is 10.0 Å². The molecule has 0 saturated carbocycles. The lowest BCUT2D eigenvalue weighted by Crippen LogP contribution is -2.40. The first kappa shape index (κ1) is 21.5. The van der Waals surface area contributed by atoms with Crippen LogP contribution in [0.2, 0.25) is 0 Å². The Morgan fingerprint density at radius 3 is 2.69 bits per heavy atom. The summed E-state index contributed by atoms with van der Waals surface area (Å²) in [5.41, 5.74) is 1.73. The fraction of sp³-hybridized carbons (Fsp3) is 0.409. The van der Waals surface area contributed by atoms with Crippen molar-refractivity contribution in [2.75, 3.05) is 13.1 Å². The normalized spacial score (nSPS) is 17.8. The molecule has 156 valence electrons. The van der Waals surface area contributed by atoms with Crippen LogP contribution in [0.25, 0.3) is 0 Å². The summed E-state index contributed by atoms with van der Waals surface area (Å²) >= 11 is 0. The molecule has 7 heteroatoms. The standard InChI is InChI=1S/C22H27FN2O3S/c1-17-7-10-21(11-8-17)29(27,28)25-13-3-5-18(16-25)9-12-22(26)24-15-19-4-2-6-20(23)14-19/h2,4,6-8,10-11,14,18H,3,5,9,12-13,15-16H2,1H3,(H,24,26). The van der Waals surface area contributed by atoms with Crippen LogP contribution in [-0.4, -0.2) is 31.7 Å². The second-order valence-electron chi connectivity index (χ2n) is 7.63. The zero-order valence-corrected chi connectivity index (χ0v) is 17.4. The minimum Gasteiger partial charge on any atom is -0.352 e. The summed E-state index contributed by atoms with van der Waals surface area (Å²) in [4.78, 5) is 12.5. The summed E-state index contributed by atoms with van der Waals surface area (Å²) in [5, 5.41) is 2.80. The van der Waals surface area contributed by atoms with Gasteiger partial charge < -0.3 is 5.32 Å². The van der Waals surface area contributed by atoms with Crippen LogP contribution in [0.5, 0.6) is 0 Å². The molecule has 2 aromatic rings. The van der Waals surface area contributed by atoms with E-state index in [0.29, 0.717) is 36.4 Å².